The average molecular weight is 478 g/mol. The van der Waals surface area contributed by atoms with Gasteiger partial charge in [-0.15, -0.1) is 0 Å². The number of carbonyl (C=O) groups excluding carboxylic acids is 2. The minimum atomic E-state index is -0.120. The van der Waals surface area contributed by atoms with Crippen molar-refractivity contribution in [2.75, 3.05) is 19.6 Å². The van der Waals surface area contributed by atoms with Gasteiger partial charge in [0.2, 0.25) is 12.3 Å². The van der Waals surface area contributed by atoms with Crippen LogP contribution in [0.4, 0.5) is 0 Å². The van der Waals surface area contributed by atoms with E-state index in [9.17, 15) is 9.59 Å². The second-order valence-electron chi connectivity index (χ2n) is 10.8. The largest absolute Gasteiger partial charge is 0.370 e. The van der Waals surface area contributed by atoms with Gasteiger partial charge in [0, 0.05) is 31.1 Å². The zero-order valence-electron chi connectivity index (χ0n) is 21.0. The number of fused-ring (bicyclic) bond motifs is 2. The maximum atomic E-state index is 11.1. The molecule has 2 atom stereocenters. The van der Waals surface area contributed by atoms with E-state index in [0.29, 0.717) is 13.0 Å². The molecule has 0 aliphatic heterocycles. The lowest BCUT2D eigenvalue weighted by atomic mass is 9.58. The molecule has 2 aliphatic carbocycles. The maximum Gasteiger partial charge on any atom is 0.217 e. The number of nitrogens with two attached hydrogens (primary N) is 1. The fourth-order valence-electron chi connectivity index (χ4n) is 6.13. The Balaban J connectivity index is 0.000000237. The molecule has 2 aliphatic rings. The third-order valence-corrected chi connectivity index (χ3v) is 7.55. The number of primary amides is 1. The lowest BCUT2D eigenvalue weighted by Gasteiger charge is -2.47. The van der Waals surface area contributed by atoms with Gasteiger partial charge in [-0.2, -0.15) is 0 Å². The Bertz CT molecular complexity index is 752. The Hall–Kier alpha value is -1.59. The standard InChI is InChI=1S/C14H21ClN2O.C13H23NO/c1-3-7-17(8-6-16-11-18)10-13-5-4-12(2)14(15)9-13;1-9-3-10-5-11(4-9)7-13(2,6-10)8-12(14)15/h4-5,9,11H,3,6-8,10H2,1-2H3,(H,16,18);9-11H,3-8H2,1-2H3,(H2,14,15). The van der Waals surface area contributed by atoms with E-state index in [2.05, 4.69) is 37.1 Å². The van der Waals surface area contributed by atoms with Crippen molar-refractivity contribution in [1.82, 2.24) is 10.2 Å². The summed E-state index contributed by atoms with van der Waals surface area (Å²) in [4.78, 5) is 23.6. The fourth-order valence-corrected chi connectivity index (χ4v) is 6.34. The van der Waals surface area contributed by atoms with Gasteiger partial charge in [-0.3, -0.25) is 14.5 Å². The van der Waals surface area contributed by atoms with Crippen LogP contribution in [0.2, 0.25) is 5.02 Å². The summed E-state index contributed by atoms with van der Waals surface area (Å²) in [7, 11) is 0. The van der Waals surface area contributed by atoms with E-state index < -0.39 is 0 Å². The third-order valence-electron chi connectivity index (χ3n) is 7.14. The molecule has 2 fully saturated rings. The van der Waals surface area contributed by atoms with Crippen LogP contribution < -0.4 is 11.1 Å². The number of hydrogen-bond acceptors (Lipinski definition) is 3. The summed E-state index contributed by atoms with van der Waals surface area (Å²) in [6, 6.07) is 6.18. The van der Waals surface area contributed by atoms with Crippen molar-refractivity contribution in [1.29, 1.82) is 0 Å². The van der Waals surface area contributed by atoms with Crippen LogP contribution in [0.15, 0.2) is 18.2 Å². The number of amides is 2. The molecular weight excluding hydrogens is 434 g/mol. The molecule has 2 amide bonds. The number of benzene rings is 1. The van der Waals surface area contributed by atoms with Crippen molar-refractivity contribution < 1.29 is 9.59 Å². The van der Waals surface area contributed by atoms with Crippen LogP contribution in [0, 0.1) is 30.1 Å². The molecule has 1 aromatic rings. The predicted molar refractivity (Wildman–Crippen MR) is 137 cm³/mol. The molecule has 0 saturated heterocycles. The Morgan fingerprint density at radius 2 is 1.91 bits per heavy atom. The molecule has 186 valence electrons. The average Bonchev–Trinajstić information content (AvgIpc) is 2.69. The number of nitrogens with zero attached hydrogens (tertiary/aromatic N) is 1. The van der Waals surface area contributed by atoms with Gasteiger partial charge < -0.3 is 11.1 Å². The first-order valence-corrected chi connectivity index (χ1v) is 12.9. The van der Waals surface area contributed by atoms with Crippen molar-refractivity contribution in [3.05, 3.63) is 34.3 Å². The molecule has 3 N–H and O–H groups in total. The predicted octanol–water partition coefficient (Wildman–Crippen LogP) is 5.32. The number of hydrogen-bond donors (Lipinski definition) is 2. The van der Waals surface area contributed by atoms with E-state index in [0.717, 1.165) is 60.8 Å². The van der Waals surface area contributed by atoms with Gasteiger partial charge in [0.05, 0.1) is 0 Å². The van der Waals surface area contributed by atoms with Gasteiger partial charge in [0.15, 0.2) is 0 Å². The highest BCUT2D eigenvalue weighted by molar-refractivity contribution is 6.31. The number of carbonyl (C=O) groups is 2. The van der Waals surface area contributed by atoms with Crippen LogP contribution in [-0.2, 0) is 16.1 Å². The molecule has 0 heterocycles. The third kappa shape index (κ3) is 9.66. The lowest BCUT2D eigenvalue weighted by molar-refractivity contribution is -0.121. The van der Waals surface area contributed by atoms with Crippen LogP contribution >= 0.6 is 11.6 Å². The molecular formula is C27H44ClN3O2. The van der Waals surface area contributed by atoms with Gasteiger partial charge in [-0.1, -0.05) is 44.5 Å². The van der Waals surface area contributed by atoms with E-state index in [1.165, 1.54) is 37.7 Å². The first-order chi connectivity index (χ1) is 15.6. The molecule has 2 unspecified atom stereocenters. The summed E-state index contributed by atoms with van der Waals surface area (Å²) in [5, 5.41) is 3.51. The fraction of sp³-hybridized carbons (Fsp3) is 0.704. The first-order valence-electron chi connectivity index (χ1n) is 12.6. The van der Waals surface area contributed by atoms with Crippen LogP contribution in [-0.4, -0.2) is 36.9 Å². The summed E-state index contributed by atoms with van der Waals surface area (Å²) < 4.78 is 0. The van der Waals surface area contributed by atoms with Crippen LogP contribution in [0.1, 0.15) is 76.8 Å². The number of nitrogens with one attached hydrogen (secondary N) is 1. The van der Waals surface area contributed by atoms with Crippen molar-refractivity contribution in [3.63, 3.8) is 0 Å². The summed E-state index contributed by atoms with van der Waals surface area (Å²) in [5.41, 5.74) is 7.87. The summed E-state index contributed by atoms with van der Waals surface area (Å²) >= 11 is 6.12. The highest BCUT2D eigenvalue weighted by Crippen LogP contribution is 2.51. The van der Waals surface area contributed by atoms with E-state index in [1.807, 2.05) is 19.1 Å². The second kappa shape index (κ2) is 13.3. The SMILES string of the molecule is CC1CC2CC(C1)CC(C)(CC(N)=O)C2.CCCN(CCNC=O)Cc1ccc(C)c(Cl)c1. The molecule has 3 rings (SSSR count). The zero-order valence-corrected chi connectivity index (χ0v) is 21.8. The zero-order chi connectivity index (χ0) is 24.4. The Kier molecular flexibility index (Phi) is 11.2. The van der Waals surface area contributed by atoms with Gasteiger partial charge in [-0.05, 0) is 92.4 Å². The van der Waals surface area contributed by atoms with Crippen molar-refractivity contribution in [2.24, 2.45) is 28.9 Å². The quantitative estimate of drug-likeness (QED) is 0.353. The number of rotatable bonds is 10. The molecule has 0 radical (unpaired) electrons. The summed E-state index contributed by atoms with van der Waals surface area (Å²) in [6.45, 7) is 12.2. The molecule has 5 nitrogen and oxygen atoms in total. The second-order valence-corrected chi connectivity index (χ2v) is 11.2. The Morgan fingerprint density at radius 3 is 2.45 bits per heavy atom. The van der Waals surface area contributed by atoms with Gasteiger partial charge in [0.25, 0.3) is 0 Å². The number of aryl methyl sites for hydroxylation is 1. The maximum absolute atomic E-state index is 11.1. The molecule has 33 heavy (non-hydrogen) atoms. The molecule has 6 heteroatoms. The van der Waals surface area contributed by atoms with E-state index >= 15 is 0 Å². The highest BCUT2D eigenvalue weighted by Gasteiger charge is 2.41. The minimum Gasteiger partial charge on any atom is -0.370 e. The van der Waals surface area contributed by atoms with Gasteiger partial charge in [-0.25, -0.2) is 0 Å². The van der Waals surface area contributed by atoms with Crippen molar-refractivity contribution >= 4 is 23.9 Å². The molecule has 0 aromatic heterocycles. The van der Waals surface area contributed by atoms with Crippen molar-refractivity contribution in [2.45, 2.75) is 79.2 Å². The normalized spacial score (nSPS) is 26.3. The van der Waals surface area contributed by atoms with E-state index in [1.54, 1.807) is 0 Å². The monoisotopic (exact) mass is 477 g/mol. The first kappa shape index (κ1) is 27.7. The Labute approximate surface area is 205 Å². The van der Waals surface area contributed by atoms with Crippen LogP contribution in [0.5, 0.6) is 0 Å². The molecule has 2 saturated carbocycles. The highest BCUT2D eigenvalue weighted by atomic mass is 35.5. The lowest BCUT2D eigenvalue weighted by Crippen LogP contribution is -2.38. The molecule has 2 bridgehead atoms. The minimum absolute atomic E-state index is 0.120. The summed E-state index contributed by atoms with van der Waals surface area (Å²) in [5.74, 6) is 2.49. The number of halogens is 1. The summed E-state index contributed by atoms with van der Waals surface area (Å²) in [6.07, 6.45) is 9.00. The Morgan fingerprint density at radius 1 is 1.24 bits per heavy atom. The smallest absolute Gasteiger partial charge is 0.217 e. The van der Waals surface area contributed by atoms with Gasteiger partial charge in [0.1, 0.15) is 0 Å². The molecule has 1 aromatic carbocycles. The van der Waals surface area contributed by atoms with Crippen molar-refractivity contribution in [3.8, 4) is 0 Å². The van der Waals surface area contributed by atoms with E-state index in [-0.39, 0.29) is 11.3 Å². The topological polar surface area (TPSA) is 75.4 Å². The van der Waals surface area contributed by atoms with E-state index in [4.69, 9.17) is 17.3 Å². The van der Waals surface area contributed by atoms with Crippen LogP contribution in [0.25, 0.3) is 0 Å². The molecule has 0 spiro atoms. The van der Waals surface area contributed by atoms with Crippen LogP contribution in [0.3, 0.4) is 0 Å². The van der Waals surface area contributed by atoms with Gasteiger partial charge >= 0.3 is 0 Å².